The number of para-hydroxylation sites is 1. The van der Waals surface area contributed by atoms with Crippen molar-refractivity contribution in [2.75, 3.05) is 19.6 Å². The van der Waals surface area contributed by atoms with Crippen molar-refractivity contribution in [2.45, 2.75) is 19.8 Å². The SMILES string of the molecule is CCCNCCNC(=O)Cc1cn(-c2ccccc2)nc1-c1ccc(F)cc1. The quantitative estimate of drug-likeness (QED) is 0.560. The van der Waals surface area contributed by atoms with Crippen LogP contribution in [0.3, 0.4) is 0 Å². The molecule has 28 heavy (non-hydrogen) atoms. The lowest BCUT2D eigenvalue weighted by Gasteiger charge is -2.06. The summed E-state index contributed by atoms with van der Waals surface area (Å²) in [5.41, 5.74) is 3.17. The van der Waals surface area contributed by atoms with Gasteiger partial charge in [-0.25, -0.2) is 9.07 Å². The van der Waals surface area contributed by atoms with Crippen LogP contribution in [0.15, 0.2) is 60.8 Å². The van der Waals surface area contributed by atoms with Gasteiger partial charge < -0.3 is 10.6 Å². The molecule has 0 saturated heterocycles. The lowest BCUT2D eigenvalue weighted by Crippen LogP contribution is -2.33. The number of carbonyl (C=O) groups excluding carboxylic acids is 1. The van der Waals surface area contributed by atoms with Gasteiger partial charge in [0, 0.05) is 30.4 Å². The molecule has 0 aliphatic carbocycles. The first-order valence-electron chi connectivity index (χ1n) is 9.54. The van der Waals surface area contributed by atoms with Crippen molar-refractivity contribution in [3.63, 3.8) is 0 Å². The Hall–Kier alpha value is -2.99. The van der Waals surface area contributed by atoms with Gasteiger partial charge in [-0.1, -0.05) is 25.1 Å². The molecule has 1 amide bonds. The molecule has 0 unspecified atom stereocenters. The highest BCUT2D eigenvalue weighted by Gasteiger charge is 2.15. The molecule has 1 heterocycles. The van der Waals surface area contributed by atoms with E-state index >= 15 is 0 Å². The normalized spacial score (nSPS) is 10.8. The number of nitrogens with one attached hydrogen (secondary N) is 2. The zero-order valence-corrected chi connectivity index (χ0v) is 16.0. The third kappa shape index (κ3) is 5.27. The maximum atomic E-state index is 13.3. The number of hydrogen-bond donors (Lipinski definition) is 2. The Balaban J connectivity index is 1.79. The van der Waals surface area contributed by atoms with Gasteiger partial charge in [-0.15, -0.1) is 0 Å². The number of amides is 1. The monoisotopic (exact) mass is 380 g/mol. The van der Waals surface area contributed by atoms with E-state index < -0.39 is 0 Å². The minimum absolute atomic E-state index is 0.0609. The Morgan fingerprint density at radius 3 is 2.50 bits per heavy atom. The number of halogens is 1. The van der Waals surface area contributed by atoms with Crippen molar-refractivity contribution in [1.82, 2.24) is 20.4 Å². The molecule has 0 saturated carbocycles. The number of carbonyl (C=O) groups is 1. The summed E-state index contributed by atoms with van der Waals surface area (Å²) in [6.45, 7) is 4.37. The molecule has 1 aromatic heterocycles. The summed E-state index contributed by atoms with van der Waals surface area (Å²) < 4.78 is 15.1. The third-order valence-corrected chi connectivity index (χ3v) is 4.33. The summed E-state index contributed by atoms with van der Waals surface area (Å²) in [4.78, 5) is 12.4. The maximum absolute atomic E-state index is 13.3. The molecular weight excluding hydrogens is 355 g/mol. The van der Waals surface area contributed by atoms with E-state index in [1.807, 2.05) is 36.5 Å². The van der Waals surface area contributed by atoms with Crippen LogP contribution in [-0.4, -0.2) is 35.3 Å². The van der Waals surface area contributed by atoms with Crippen molar-refractivity contribution in [3.05, 3.63) is 72.2 Å². The number of nitrogens with zero attached hydrogens (tertiary/aromatic N) is 2. The molecule has 0 radical (unpaired) electrons. The molecule has 0 fully saturated rings. The highest BCUT2D eigenvalue weighted by molar-refractivity contribution is 5.81. The van der Waals surface area contributed by atoms with Gasteiger partial charge in [-0.3, -0.25) is 4.79 Å². The average molecular weight is 380 g/mol. The largest absolute Gasteiger partial charge is 0.355 e. The molecule has 0 aliphatic rings. The van der Waals surface area contributed by atoms with E-state index in [0.717, 1.165) is 36.3 Å². The van der Waals surface area contributed by atoms with Gasteiger partial charge in [-0.2, -0.15) is 5.10 Å². The summed E-state index contributed by atoms with van der Waals surface area (Å²) in [6.07, 6.45) is 3.14. The summed E-state index contributed by atoms with van der Waals surface area (Å²) in [7, 11) is 0. The van der Waals surface area contributed by atoms with E-state index in [0.29, 0.717) is 12.2 Å². The second kappa shape index (κ2) is 9.80. The van der Waals surface area contributed by atoms with Crippen LogP contribution < -0.4 is 10.6 Å². The summed E-state index contributed by atoms with van der Waals surface area (Å²) in [6, 6.07) is 15.9. The first kappa shape index (κ1) is 19.8. The van der Waals surface area contributed by atoms with Gasteiger partial charge >= 0.3 is 0 Å². The van der Waals surface area contributed by atoms with Crippen LogP contribution in [-0.2, 0) is 11.2 Å². The predicted octanol–water partition coefficient (Wildman–Crippen LogP) is 3.34. The van der Waals surface area contributed by atoms with Crippen molar-refractivity contribution < 1.29 is 9.18 Å². The van der Waals surface area contributed by atoms with Gasteiger partial charge in [-0.05, 0) is 49.4 Å². The standard InChI is InChI=1S/C22H25FN4O/c1-2-12-24-13-14-25-21(28)15-18-16-27(20-6-4-3-5-7-20)26-22(18)17-8-10-19(23)11-9-17/h3-11,16,24H,2,12-15H2,1H3,(H,25,28). The number of benzene rings is 2. The van der Waals surface area contributed by atoms with Crippen molar-refractivity contribution >= 4 is 5.91 Å². The van der Waals surface area contributed by atoms with Gasteiger partial charge in [0.2, 0.25) is 5.91 Å². The molecule has 2 N–H and O–H groups in total. The molecule has 0 aliphatic heterocycles. The number of aromatic nitrogens is 2. The highest BCUT2D eigenvalue weighted by Crippen LogP contribution is 2.24. The molecule has 0 atom stereocenters. The van der Waals surface area contributed by atoms with Crippen LogP contribution >= 0.6 is 0 Å². The highest BCUT2D eigenvalue weighted by atomic mass is 19.1. The zero-order chi connectivity index (χ0) is 19.8. The number of hydrogen-bond acceptors (Lipinski definition) is 3. The van der Waals surface area contributed by atoms with Crippen molar-refractivity contribution in [2.24, 2.45) is 0 Å². The molecule has 2 aromatic carbocycles. The van der Waals surface area contributed by atoms with Crippen LogP contribution in [0.1, 0.15) is 18.9 Å². The Kier molecular flexibility index (Phi) is 6.92. The fraction of sp³-hybridized carbons (Fsp3) is 0.273. The topological polar surface area (TPSA) is 58.9 Å². The second-order valence-electron chi connectivity index (χ2n) is 6.57. The molecule has 6 heteroatoms. The van der Waals surface area contributed by atoms with Gasteiger partial charge in [0.25, 0.3) is 0 Å². The summed E-state index contributed by atoms with van der Waals surface area (Å²) >= 11 is 0. The molecule has 0 bridgehead atoms. The minimum Gasteiger partial charge on any atom is -0.355 e. The van der Waals surface area contributed by atoms with Crippen LogP contribution in [0.4, 0.5) is 4.39 Å². The van der Waals surface area contributed by atoms with Crippen LogP contribution in [0.2, 0.25) is 0 Å². The van der Waals surface area contributed by atoms with Crippen LogP contribution in [0, 0.1) is 5.82 Å². The first-order chi connectivity index (χ1) is 13.7. The average Bonchev–Trinajstić information content (AvgIpc) is 3.13. The Labute approximate surface area is 164 Å². The molecule has 3 aromatic rings. The second-order valence-corrected chi connectivity index (χ2v) is 6.57. The van der Waals surface area contributed by atoms with Crippen molar-refractivity contribution in [1.29, 1.82) is 0 Å². The Bertz CT molecular complexity index is 891. The van der Waals surface area contributed by atoms with Gasteiger partial charge in [0.15, 0.2) is 0 Å². The Morgan fingerprint density at radius 2 is 1.79 bits per heavy atom. The Morgan fingerprint density at radius 1 is 1.04 bits per heavy atom. The fourth-order valence-electron chi connectivity index (χ4n) is 2.93. The first-order valence-corrected chi connectivity index (χ1v) is 9.54. The maximum Gasteiger partial charge on any atom is 0.224 e. The van der Waals surface area contributed by atoms with Crippen LogP contribution in [0.5, 0.6) is 0 Å². The van der Waals surface area contributed by atoms with E-state index in [4.69, 9.17) is 0 Å². The van der Waals surface area contributed by atoms with Gasteiger partial charge in [0.1, 0.15) is 5.82 Å². The zero-order valence-electron chi connectivity index (χ0n) is 16.0. The summed E-state index contributed by atoms with van der Waals surface area (Å²) in [5, 5.41) is 10.8. The van der Waals surface area contributed by atoms with E-state index in [9.17, 15) is 9.18 Å². The lowest BCUT2D eigenvalue weighted by atomic mass is 10.1. The lowest BCUT2D eigenvalue weighted by molar-refractivity contribution is -0.120. The number of rotatable bonds is 9. The minimum atomic E-state index is -0.301. The van der Waals surface area contributed by atoms with Gasteiger partial charge in [0.05, 0.1) is 17.8 Å². The summed E-state index contributed by atoms with van der Waals surface area (Å²) in [5.74, 6) is -0.362. The van der Waals surface area contributed by atoms with E-state index in [1.54, 1.807) is 16.8 Å². The smallest absolute Gasteiger partial charge is 0.224 e. The third-order valence-electron chi connectivity index (χ3n) is 4.33. The predicted molar refractivity (Wildman–Crippen MR) is 109 cm³/mol. The van der Waals surface area contributed by atoms with Crippen LogP contribution in [0.25, 0.3) is 16.9 Å². The molecule has 5 nitrogen and oxygen atoms in total. The van der Waals surface area contributed by atoms with E-state index in [-0.39, 0.29) is 18.1 Å². The molecule has 3 rings (SSSR count). The fourth-order valence-corrected chi connectivity index (χ4v) is 2.93. The van der Waals surface area contributed by atoms with Crippen molar-refractivity contribution in [3.8, 4) is 16.9 Å². The molecule has 0 spiro atoms. The van der Waals surface area contributed by atoms with E-state index in [2.05, 4.69) is 22.7 Å². The molecular formula is C22H25FN4O. The molecule has 146 valence electrons. The van der Waals surface area contributed by atoms with E-state index in [1.165, 1.54) is 12.1 Å².